The van der Waals surface area contributed by atoms with Crippen molar-refractivity contribution in [3.63, 3.8) is 0 Å². The van der Waals surface area contributed by atoms with Crippen molar-refractivity contribution in [1.82, 2.24) is 4.98 Å². The number of nitrogen functional groups attached to an aromatic ring is 1. The first-order valence-corrected chi connectivity index (χ1v) is 6.21. The molecule has 0 bridgehead atoms. The monoisotopic (exact) mass is 240 g/mol. The third kappa shape index (κ3) is 2.30. The van der Waals surface area contributed by atoms with E-state index in [4.69, 9.17) is 10.5 Å². The molecule has 18 heavy (non-hydrogen) atoms. The maximum Gasteiger partial charge on any atom is 0.126 e. The van der Waals surface area contributed by atoms with E-state index in [1.165, 1.54) is 12.8 Å². The number of aryl methyl sites for hydroxylation is 1. The average Bonchev–Trinajstić information content (AvgIpc) is 3.17. The molecule has 0 unspecified atom stereocenters. The first-order chi connectivity index (χ1) is 8.72. The second-order valence-electron chi connectivity index (χ2n) is 4.77. The third-order valence-corrected chi connectivity index (χ3v) is 3.11. The van der Waals surface area contributed by atoms with E-state index < -0.39 is 0 Å². The molecule has 1 fully saturated rings. The van der Waals surface area contributed by atoms with E-state index in [9.17, 15) is 0 Å². The largest absolute Gasteiger partial charge is 0.490 e. The highest BCUT2D eigenvalue weighted by atomic mass is 16.5. The Kier molecular flexibility index (Phi) is 2.67. The molecule has 1 aliphatic carbocycles. The molecule has 0 radical (unpaired) electrons. The zero-order valence-electron chi connectivity index (χ0n) is 10.4. The number of anilines is 1. The van der Waals surface area contributed by atoms with Gasteiger partial charge in [-0.1, -0.05) is 12.1 Å². The Labute approximate surface area is 107 Å². The molecule has 0 atom stereocenters. The van der Waals surface area contributed by atoms with Crippen molar-refractivity contribution in [3.05, 3.63) is 42.1 Å². The molecule has 2 aromatic rings. The summed E-state index contributed by atoms with van der Waals surface area (Å²) in [6.45, 7) is 1.97. The second-order valence-corrected chi connectivity index (χ2v) is 4.77. The summed E-state index contributed by atoms with van der Waals surface area (Å²) < 4.78 is 5.80. The highest BCUT2D eigenvalue weighted by Crippen LogP contribution is 2.30. The van der Waals surface area contributed by atoms with Crippen LogP contribution in [0.3, 0.4) is 0 Å². The zero-order valence-corrected chi connectivity index (χ0v) is 10.4. The molecule has 3 nitrogen and oxygen atoms in total. The number of aromatic nitrogens is 1. The number of nitrogens with two attached hydrogens (primary N) is 1. The van der Waals surface area contributed by atoms with Crippen molar-refractivity contribution in [3.8, 4) is 16.9 Å². The summed E-state index contributed by atoms with van der Waals surface area (Å²) in [5, 5.41) is 0. The van der Waals surface area contributed by atoms with Gasteiger partial charge in [0.1, 0.15) is 11.6 Å². The summed E-state index contributed by atoms with van der Waals surface area (Å²) >= 11 is 0. The number of benzene rings is 1. The minimum absolute atomic E-state index is 0.423. The predicted molar refractivity (Wildman–Crippen MR) is 72.5 cm³/mol. The van der Waals surface area contributed by atoms with Gasteiger partial charge in [-0.15, -0.1) is 0 Å². The van der Waals surface area contributed by atoms with E-state index in [0.717, 1.165) is 22.4 Å². The van der Waals surface area contributed by atoms with Crippen molar-refractivity contribution in [1.29, 1.82) is 0 Å². The van der Waals surface area contributed by atoms with Crippen molar-refractivity contribution in [2.24, 2.45) is 0 Å². The fourth-order valence-electron chi connectivity index (χ4n) is 1.87. The van der Waals surface area contributed by atoms with Gasteiger partial charge in [-0.25, -0.2) is 4.98 Å². The van der Waals surface area contributed by atoms with Gasteiger partial charge < -0.3 is 10.5 Å². The van der Waals surface area contributed by atoms with Gasteiger partial charge in [0, 0.05) is 11.8 Å². The predicted octanol–water partition coefficient (Wildman–Crippen LogP) is 3.18. The van der Waals surface area contributed by atoms with Gasteiger partial charge in [0.2, 0.25) is 0 Å². The summed E-state index contributed by atoms with van der Waals surface area (Å²) in [6.07, 6.45) is 4.57. The number of rotatable bonds is 3. The van der Waals surface area contributed by atoms with E-state index >= 15 is 0 Å². The standard InChI is InChI=1S/C15H16N2O/c1-10-7-12(9-17-15(10)16)11-3-2-4-14(8-11)18-13-5-6-13/h2-4,7-9,13H,5-6H2,1H3,(H2,16,17). The quantitative estimate of drug-likeness (QED) is 0.896. The molecule has 0 amide bonds. The highest BCUT2D eigenvalue weighted by Gasteiger charge is 2.23. The van der Waals surface area contributed by atoms with Gasteiger partial charge in [0.05, 0.1) is 6.10 Å². The SMILES string of the molecule is Cc1cc(-c2cccc(OC3CC3)c2)cnc1N. The summed E-state index contributed by atoms with van der Waals surface area (Å²) in [6, 6.07) is 10.2. The van der Waals surface area contributed by atoms with Crippen LogP contribution in [0, 0.1) is 6.92 Å². The van der Waals surface area contributed by atoms with Crippen LogP contribution in [0.1, 0.15) is 18.4 Å². The fourth-order valence-corrected chi connectivity index (χ4v) is 1.87. The Hall–Kier alpha value is -2.03. The minimum atomic E-state index is 0.423. The fraction of sp³-hybridized carbons (Fsp3) is 0.267. The molecular formula is C15H16N2O. The van der Waals surface area contributed by atoms with E-state index in [-0.39, 0.29) is 0 Å². The normalized spacial score (nSPS) is 14.5. The van der Waals surface area contributed by atoms with E-state index in [0.29, 0.717) is 11.9 Å². The molecule has 1 saturated carbocycles. The van der Waals surface area contributed by atoms with Crippen LogP contribution in [0.2, 0.25) is 0 Å². The Balaban J connectivity index is 1.92. The van der Waals surface area contributed by atoms with Gasteiger partial charge in [-0.3, -0.25) is 0 Å². The summed E-state index contributed by atoms with van der Waals surface area (Å²) in [7, 11) is 0. The average molecular weight is 240 g/mol. The van der Waals surface area contributed by atoms with Crippen LogP contribution < -0.4 is 10.5 Å². The Morgan fingerprint density at radius 3 is 2.78 bits per heavy atom. The number of hydrogen-bond donors (Lipinski definition) is 1. The Morgan fingerprint density at radius 2 is 2.06 bits per heavy atom. The molecule has 0 saturated heterocycles. The molecule has 0 aliphatic heterocycles. The Bertz CT molecular complexity index is 576. The van der Waals surface area contributed by atoms with Crippen molar-refractivity contribution >= 4 is 5.82 Å². The number of ether oxygens (including phenoxy) is 1. The van der Waals surface area contributed by atoms with Crippen molar-refractivity contribution in [2.75, 3.05) is 5.73 Å². The van der Waals surface area contributed by atoms with Crippen LogP contribution in [0.5, 0.6) is 5.75 Å². The van der Waals surface area contributed by atoms with Crippen LogP contribution in [-0.4, -0.2) is 11.1 Å². The second kappa shape index (κ2) is 4.33. The number of hydrogen-bond acceptors (Lipinski definition) is 3. The summed E-state index contributed by atoms with van der Waals surface area (Å²) in [4.78, 5) is 4.19. The lowest BCUT2D eigenvalue weighted by molar-refractivity contribution is 0.303. The molecule has 0 spiro atoms. The van der Waals surface area contributed by atoms with Crippen LogP contribution in [0.15, 0.2) is 36.5 Å². The molecule has 92 valence electrons. The molecule has 3 heteroatoms. The molecule has 2 N–H and O–H groups in total. The number of nitrogens with zero attached hydrogens (tertiary/aromatic N) is 1. The molecule has 1 aliphatic rings. The lowest BCUT2D eigenvalue weighted by Crippen LogP contribution is -1.96. The lowest BCUT2D eigenvalue weighted by Gasteiger charge is -2.08. The van der Waals surface area contributed by atoms with Gasteiger partial charge in [0.15, 0.2) is 0 Å². The summed E-state index contributed by atoms with van der Waals surface area (Å²) in [5.41, 5.74) is 8.92. The molecule has 1 heterocycles. The maximum atomic E-state index is 5.80. The summed E-state index contributed by atoms with van der Waals surface area (Å²) in [5.74, 6) is 1.52. The molecular weight excluding hydrogens is 224 g/mol. The first kappa shape index (κ1) is 11.1. The number of pyridine rings is 1. The molecule has 1 aromatic carbocycles. The zero-order chi connectivity index (χ0) is 12.5. The molecule has 3 rings (SSSR count). The van der Waals surface area contributed by atoms with Crippen LogP contribution in [0.4, 0.5) is 5.82 Å². The topological polar surface area (TPSA) is 48.1 Å². The van der Waals surface area contributed by atoms with Gasteiger partial charge in [0.25, 0.3) is 0 Å². The van der Waals surface area contributed by atoms with Gasteiger partial charge >= 0.3 is 0 Å². The first-order valence-electron chi connectivity index (χ1n) is 6.21. The van der Waals surface area contributed by atoms with Gasteiger partial charge in [-0.2, -0.15) is 0 Å². The van der Waals surface area contributed by atoms with E-state index in [1.807, 2.05) is 19.1 Å². The highest BCUT2D eigenvalue weighted by molar-refractivity contribution is 5.66. The van der Waals surface area contributed by atoms with Crippen molar-refractivity contribution < 1.29 is 4.74 Å². The van der Waals surface area contributed by atoms with Crippen LogP contribution >= 0.6 is 0 Å². The van der Waals surface area contributed by atoms with Gasteiger partial charge in [-0.05, 0) is 49.1 Å². The third-order valence-electron chi connectivity index (χ3n) is 3.11. The van der Waals surface area contributed by atoms with Crippen LogP contribution in [0.25, 0.3) is 11.1 Å². The smallest absolute Gasteiger partial charge is 0.126 e. The Morgan fingerprint density at radius 1 is 1.22 bits per heavy atom. The minimum Gasteiger partial charge on any atom is -0.490 e. The van der Waals surface area contributed by atoms with E-state index in [1.54, 1.807) is 6.20 Å². The molecule has 1 aromatic heterocycles. The van der Waals surface area contributed by atoms with Crippen molar-refractivity contribution in [2.45, 2.75) is 25.9 Å². The lowest BCUT2D eigenvalue weighted by atomic mass is 10.1. The van der Waals surface area contributed by atoms with Crippen LogP contribution in [-0.2, 0) is 0 Å². The maximum absolute atomic E-state index is 5.80. The van der Waals surface area contributed by atoms with E-state index in [2.05, 4.69) is 23.2 Å².